The van der Waals surface area contributed by atoms with Crippen molar-refractivity contribution in [1.82, 2.24) is 0 Å². The van der Waals surface area contributed by atoms with Crippen molar-refractivity contribution >= 4 is 5.69 Å². The van der Waals surface area contributed by atoms with Crippen LogP contribution >= 0.6 is 0 Å². The average Bonchev–Trinajstić information content (AvgIpc) is 2.44. The molecule has 1 unspecified atom stereocenters. The van der Waals surface area contributed by atoms with E-state index in [9.17, 15) is 9.50 Å². The van der Waals surface area contributed by atoms with E-state index in [4.69, 9.17) is 0 Å². The normalized spacial score (nSPS) is 13.9. The highest BCUT2D eigenvalue weighted by Crippen LogP contribution is 2.35. The van der Waals surface area contributed by atoms with Crippen molar-refractivity contribution in [3.05, 3.63) is 65.5 Å². The Morgan fingerprint density at radius 2 is 1.77 bits per heavy atom. The molecule has 2 aromatic carbocycles. The molecule has 118 valence electrons. The summed E-state index contributed by atoms with van der Waals surface area (Å²) in [5.41, 5.74) is 0.911. The first-order valence-corrected chi connectivity index (χ1v) is 7.69. The highest BCUT2D eigenvalue weighted by molar-refractivity contribution is 5.54. The van der Waals surface area contributed by atoms with Crippen molar-refractivity contribution in [2.75, 3.05) is 5.32 Å². The second-order valence-electron chi connectivity index (χ2n) is 6.37. The van der Waals surface area contributed by atoms with Gasteiger partial charge in [0.1, 0.15) is 5.82 Å². The van der Waals surface area contributed by atoms with Gasteiger partial charge in [0.05, 0.1) is 5.60 Å². The van der Waals surface area contributed by atoms with Gasteiger partial charge in [0, 0.05) is 17.8 Å². The van der Waals surface area contributed by atoms with Crippen LogP contribution in [0.4, 0.5) is 10.1 Å². The predicted molar refractivity (Wildman–Crippen MR) is 89.2 cm³/mol. The molecule has 0 saturated carbocycles. The van der Waals surface area contributed by atoms with Crippen LogP contribution in [0.1, 0.15) is 38.3 Å². The minimum atomic E-state index is -1.20. The van der Waals surface area contributed by atoms with Crippen molar-refractivity contribution < 1.29 is 9.50 Å². The SMILES string of the molecule is CC(C)CC(C)(O)c1c(F)cccc1NCc1ccccc1. The number of anilines is 1. The van der Waals surface area contributed by atoms with E-state index >= 15 is 0 Å². The zero-order valence-electron chi connectivity index (χ0n) is 13.4. The Bertz CT molecular complexity index is 608. The second kappa shape index (κ2) is 6.93. The van der Waals surface area contributed by atoms with Crippen molar-refractivity contribution in [1.29, 1.82) is 0 Å². The lowest BCUT2D eigenvalue weighted by Gasteiger charge is -2.29. The van der Waals surface area contributed by atoms with Crippen LogP contribution < -0.4 is 5.32 Å². The largest absolute Gasteiger partial charge is 0.385 e. The van der Waals surface area contributed by atoms with Crippen LogP contribution in [0.25, 0.3) is 0 Å². The van der Waals surface area contributed by atoms with Gasteiger partial charge in [-0.3, -0.25) is 0 Å². The van der Waals surface area contributed by atoms with E-state index in [2.05, 4.69) is 5.32 Å². The van der Waals surface area contributed by atoms with Crippen molar-refractivity contribution in [3.63, 3.8) is 0 Å². The summed E-state index contributed by atoms with van der Waals surface area (Å²) in [7, 11) is 0. The standard InChI is InChI=1S/C19H24FNO/c1-14(2)12-19(3,22)18-16(20)10-7-11-17(18)21-13-15-8-5-4-6-9-15/h4-11,14,21-22H,12-13H2,1-3H3. The summed E-state index contributed by atoms with van der Waals surface area (Å²) < 4.78 is 14.3. The van der Waals surface area contributed by atoms with Crippen LogP contribution in [0.15, 0.2) is 48.5 Å². The molecule has 0 fully saturated rings. The zero-order chi connectivity index (χ0) is 16.2. The first-order chi connectivity index (χ1) is 10.4. The first kappa shape index (κ1) is 16.5. The summed E-state index contributed by atoms with van der Waals surface area (Å²) in [4.78, 5) is 0. The molecule has 0 saturated heterocycles. The molecular formula is C19H24FNO. The lowest BCUT2D eigenvalue weighted by atomic mass is 9.86. The van der Waals surface area contributed by atoms with Crippen LogP contribution in [0.5, 0.6) is 0 Å². The van der Waals surface area contributed by atoms with E-state index in [1.165, 1.54) is 6.07 Å². The minimum absolute atomic E-state index is 0.275. The van der Waals surface area contributed by atoms with Gasteiger partial charge in [-0.1, -0.05) is 50.2 Å². The molecule has 0 radical (unpaired) electrons. The van der Waals surface area contributed by atoms with E-state index in [0.717, 1.165) is 5.56 Å². The van der Waals surface area contributed by atoms with Gasteiger partial charge in [-0.05, 0) is 37.0 Å². The number of aliphatic hydroxyl groups is 1. The fourth-order valence-corrected chi connectivity index (χ4v) is 2.91. The topological polar surface area (TPSA) is 32.3 Å². The summed E-state index contributed by atoms with van der Waals surface area (Å²) >= 11 is 0. The number of hydrogen-bond donors (Lipinski definition) is 2. The third kappa shape index (κ3) is 4.08. The molecule has 3 heteroatoms. The Morgan fingerprint density at radius 1 is 1.09 bits per heavy atom. The lowest BCUT2D eigenvalue weighted by molar-refractivity contribution is 0.0321. The minimum Gasteiger partial charge on any atom is -0.385 e. The summed E-state index contributed by atoms with van der Waals surface area (Å²) in [5.74, 6) is -0.0970. The van der Waals surface area contributed by atoms with E-state index in [0.29, 0.717) is 24.2 Å². The Labute approximate surface area is 132 Å². The average molecular weight is 301 g/mol. The summed E-state index contributed by atoms with van der Waals surface area (Å²) in [6.45, 7) is 6.31. The third-order valence-electron chi connectivity index (χ3n) is 3.68. The number of benzene rings is 2. The van der Waals surface area contributed by atoms with Gasteiger partial charge in [-0.15, -0.1) is 0 Å². The van der Waals surface area contributed by atoms with Crippen molar-refractivity contribution in [2.24, 2.45) is 5.92 Å². The number of hydrogen-bond acceptors (Lipinski definition) is 2. The third-order valence-corrected chi connectivity index (χ3v) is 3.68. The predicted octanol–water partition coefficient (Wildman–Crippen LogP) is 4.69. The molecule has 0 aliphatic rings. The molecule has 2 nitrogen and oxygen atoms in total. The lowest BCUT2D eigenvalue weighted by Crippen LogP contribution is -2.26. The van der Waals surface area contributed by atoms with Crippen LogP contribution in [0.2, 0.25) is 0 Å². The Hall–Kier alpha value is -1.87. The quantitative estimate of drug-likeness (QED) is 0.811. The molecule has 0 bridgehead atoms. The summed E-state index contributed by atoms with van der Waals surface area (Å²) in [6, 6.07) is 14.8. The van der Waals surface area contributed by atoms with E-state index in [1.54, 1.807) is 13.0 Å². The monoisotopic (exact) mass is 301 g/mol. The molecule has 0 aliphatic heterocycles. The molecule has 0 aromatic heterocycles. The van der Waals surface area contributed by atoms with Gasteiger partial charge in [-0.2, -0.15) is 0 Å². The molecule has 0 heterocycles. The summed E-state index contributed by atoms with van der Waals surface area (Å²) in [5, 5.41) is 14.0. The Kier molecular flexibility index (Phi) is 5.19. The Balaban J connectivity index is 2.26. The molecule has 1 atom stereocenters. The van der Waals surface area contributed by atoms with Gasteiger partial charge in [-0.25, -0.2) is 4.39 Å². The molecule has 0 amide bonds. The molecule has 0 spiro atoms. The van der Waals surface area contributed by atoms with E-state index < -0.39 is 5.60 Å². The molecular weight excluding hydrogens is 277 g/mol. The summed E-state index contributed by atoms with van der Waals surface area (Å²) in [6.07, 6.45) is 0.508. The smallest absolute Gasteiger partial charge is 0.131 e. The van der Waals surface area contributed by atoms with Gasteiger partial charge in [0.15, 0.2) is 0 Å². The van der Waals surface area contributed by atoms with Crippen molar-refractivity contribution in [3.8, 4) is 0 Å². The maximum absolute atomic E-state index is 14.3. The van der Waals surface area contributed by atoms with E-state index in [1.807, 2.05) is 50.2 Å². The Morgan fingerprint density at radius 3 is 2.41 bits per heavy atom. The van der Waals surface area contributed by atoms with Crippen LogP contribution in [0, 0.1) is 11.7 Å². The van der Waals surface area contributed by atoms with Gasteiger partial charge < -0.3 is 10.4 Å². The molecule has 2 aromatic rings. The maximum Gasteiger partial charge on any atom is 0.131 e. The van der Waals surface area contributed by atoms with Crippen LogP contribution in [-0.4, -0.2) is 5.11 Å². The number of rotatable bonds is 6. The fourth-order valence-electron chi connectivity index (χ4n) is 2.91. The number of halogens is 1. The fraction of sp³-hybridized carbons (Fsp3) is 0.368. The van der Waals surface area contributed by atoms with Gasteiger partial charge in [0.25, 0.3) is 0 Å². The van der Waals surface area contributed by atoms with Crippen molar-refractivity contribution in [2.45, 2.75) is 39.3 Å². The van der Waals surface area contributed by atoms with Gasteiger partial charge in [0.2, 0.25) is 0 Å². The van der Waals surface area contributed by atoms with Gasteiger partial charge >= 0.3 is 0 Å². The number of nitrogens with one attached hydrogen (secondary N) is 1. The van der Waals surface area contributed by atoms with Crippen LogP contribution in [-0.2, 0) is 12.1 Å². The molecule has 2 rings (SSSR count). The molecule has 0 aliphatic carbocycles. The first-order valence-electron chi connectivity index (χ1n) is 7.69. The van der Waals surface area contributed by atoms with Crippen LogP contribution in [0.3, 0.4) is 0 Å². The van der Waals surface area contributed by atoms with E-state index in [-0.39, 0.29) is 11.7 Å². The maximum atomic E-state index is 14.3. The zero-order valence-corrected chi connectivity index (χ0v) is 13.4. The highest BCUT2D eigenvalue weighted by Gasteiger charge is 2.30. The molecule has 22 heavy (non-hydrogen) atoms. The molecule has 2 N–H and O–H groups in total. The highest BCUT2D eigenvalue weighted by atomic mass is 19.1. The second-order valence-corrected chi connectivity index (χ2v) is 6.37.